The predicted molar refractivity (Wildman–Crippen MR) is 74.8 cm³/mol. The number of nitrogens with two attached hydrogens (primary N) is 1. The highest BCUT2D eigenvalue weighted by atomic mass is 79.9. The number of hydrazine groups is 1. The molecule has 0 aliphatic heterocycles. The fraction of sp³-hybridized carbons (Fsp3) is 0.222. The van der Waals surface area contributed by atoms with Crippen molar-refractivity contribution in [3.05, 3.63) is 28.9 Å². The zero-order chi connectivity index (χ0) is 14.8. The molecule has 20 heavy (non-hydrogen) atoms. The van der Waals surface area contributed by atoms with Crippen molar-refractivity contribution in [2.45, 2.75) is 11.4 Å². The highest BCUT2D eigenvalue weighted by Crippen LogP contribution is 2.25. The zero-order valence-corrected chi connectivity index (χ0v) is 12.8. The van der Waals surface area contributed by atoms with Gasteiger partial charge in [-0.2, -0.15) is 9.40 Å². The Morgan fingerprint density at radius 1 is 1.50 bits per heavy atom. The van der Waals surface area contributed by atoms with Gasteiger partial charge in [0.2, 0.25) is 10.0 Å². The van der Waals surface area contributed by atoms with Crippen LogP contribution in [0.15, 0.2) is 28.0 Å². The Morgan fingerprint density at radius 3 is 2.85 bits per heavy atom. The number of hydrogen-bond acceptors (Lipinski definition) is 7. The second kappa shape index (κ2) is 5.83. The fourth-order valence-electron chi connectivity index (χ4n) is 1.50. The second-order valence-corrected chi connectivity index (χ2v) is 6.77. The maximum Gasteiger partial charge on any atom is 0.246 e. The predicted octanol–water partition coefficient (Wildman–Crippen LogP) is 0.0685. The summed E-state index contributed by atoms with van der Waals surface area (Å²) >= 11 is 3.19. The van der Waals surface area contributed by atoms with Gasteiger partial charge < -0.3 is 5.43 Å². The number of halogens is 1. The van der Waals surface area contributed by atoms with Crippen LogP contribution in [0, 0.1) is 0 Å². The molecule has 0 aliphatic carbocycles. The van der Waals surface area contributed by atoms with E-state index in [9.17, 15) is 8.42 Å². The quantitative estimate of drug-likeness (QED) is 0.507. The van der Waals surface area contributed by atoms with Gasteiger partial charge >= 0.3 is 0 Å². The van der Waals surface area contributed by atoms with Crippen molar-refractivity contribution in [3.8, 4) is 0 Å². The molecule has 11 heteroatoms. The summed E-state index contributed by atoms with van der Waals surface area (Å²) in [6.45, 7) is 0.0544. The lowest BCUT2D eigenvalue weighted by Crippen LogP contribution is -2.28. The molecular weight excluding hydrogens is 350 g/mol. The van der Waals surface area contributed by atoms with E-state index in [0.717, 1.165) is 4.31 Å². The number of hydrogen-bond donors (Lipinski definition) is 3. The lowest BCUT2D eigenvalue weighted by atomic mass is 10.5. The van der Waals surface area contributed by atoms with E-state index in [0.29, 0.717) is 10.3 Å². The van der Waals surface area contributed by atoms with Crippen molar-refractivity contribution in [3.63, 3.8) is 0 Å². The SMILES string of the molecule is CN(Cc1ncn[nH]1)S(=O)(=O)c1cc(Br)cnc1NN. The molecule has 9 nitrogen and oxygen atoms in total. The number of aromatic nitrogens is 4. The van der Waals surface area contributed by atoms with Crippen LogP contribution in [0.2, 0.25) is 0 Å². The molecular formula is C9H12BrN7O2S. The van der Waals surface area contributed by atoms with Crippen LogP contribution in [-0.2, 0) is 16.6 Å². The smallest absolute Gasteiger partial charge is 0.246 e. The maximum absolute atomic E-state index is 12.5. The van der Waals surface area contributed by atoms with Gasteiger partial charge in [0, 0.05) is 17.7 Å². The Hall–Kier alpha value is -1.56. The largest absolute Gasteiger partial charge is 0.307 e. The van der Waals surface area contributed by atoms with E-state index in [1.807, 2.05) is 0 Å². The van der Waals surface area contributed by atoms with Crippen LogP contribution in [0.5, 0.6) is 0 Å². The zero-order valence-electron chi connectivity index (χ0n) is 10.4. The van der Waals surface area contributed by atoms with Crippen molar-refractivity contribution >= 4 is 31.8 Å². The normalized spacial score (nSPS) is 11.8. The molecule has 108 valence electrons. The standard InChI is InChI=1S/C9H12BrN7O2S/c1-17(4-8-13-5-14-16-8)20(18,19)7-2-6(10)3-12-9(7)15-11/h2-3,5H,4,11H2,1H3,(H,12,15)(H,13,14,16). The highest BCUT2D eigenvalue weighted by Gasteiger charge is 2.26. The van der Waals surface area contributed by atoms with E-state index in [2.05, 4.69) is 41.5 Å². The third kappa shape index (κ3) is 2.95. The molecule has 0 fully saturated rings. The van der Waals surface area contributed by atoms with Gasteiger partial charge in [0.1, 0.15) is 17.0 Å². The van der Waals surface area contributed by atoms with Crippen molar-refractivity contribution in [1.82, 2.24) is 24.5 Å². The average Bonchev–Trinajstić information content (AvgIpc) is 2.91. The molecule has 0 unspecified atom stereocenters. The molecule has 0 aliphatic rings. The molecule has 0 spiro atoms. The van der Waals surface area contributed by atoms with Gasteiger partial charge in [0.15, 0.2) is 5.82 Å². The number of nitrogens with one attached hydrogen (secondary N) is 2. The van der Waals surface area contributed by atoms with E-state index >= 15 is 0 Å². The first-order chi connectivity index (χ1) is 9.45. The number of sulfonamides is 1. The minimum atomic E-state index is -3.77. The van der Waals surface area contributed by atoms with Crippen LogP contribution in [-0.4, -0.2) is 39.9 Å². The number of rotatable bonds is 5. The van der Waals surface area contributed by atoms with Gasteiger partial charge in [-0.05, 0) is 22.0 Å². The number of nitrogen functional groups attached to an aromatic ring is 1. The van der Waals surface area contributed by atoms with E-state index in [1.165, 1.54) is 25.6 Å². The molecule has 0 bridgehead atoms. The Labute approximate surface area is 123 Å². The van der Waals surface area contributed by atoms with Crippen LogP contribution >= 0.6 is 15.9 Å². The molecule has 0 saturated heterocycles. The summed E-state index contributed by atoms with van der Waals surface area (Å²) < 4.78 is 26.6. The van der Waals surface area contributed by atoms with Crippen LogP contribution in [0.4, 0.5) is 5.82 Å². The van der Waals surface area contributed by atoms with Crippen LogP contribution in [0.1, 0.15) is 5.82 Å². The van der Waals surface area contributed by atoms with Crippen LogP contribution < -0.4 is 11.3 Å². The number of nitrogens with zero attached hydrogens (tertiary/aromatic N) is 4. The lowest BCUT2D eigenvalue weighted by molar-refractivity contribution is 0.457. The third-order valence-electron chi connectivity index (χ3n) is 2.48. The van der Waals surface area contributed by atoms with E-state index in [1.54, 1.807) is 0 Å². The third-order valence-corrected chi connectivity index (χ3v) is 4.73. The molecule has 2 aromatic heterocycles. The highest BCUT2D eigenvalue weighted by molar-refractivity contribution is 9.10. The van der Waals surface area contributed by atoms with Gasteiger partial charge in [-0.3, -0.25) is 5.10 Å². The summed E-state index contributed by atoms with van der Waals surface area (Å²) in [5.41, 5.74) is 2.27. The lowest BCUT2D eigenvalue weighted by Gasteiger charge is -2.17. The van der Waals surface area contributed by atoms with Crippen molar-refractivity contribution in [1.29, 1.82) is 0 Å². The Kier molecular flexibility index (Phi) is 4.32. The van der Waals surface area contributed by atoms with Crippen molar-refractivity contribution in [2.24, 2.45) is 5.84 Å². The summed E-state index contributed by atoms with van der Waals surface area (Å²) in [6.07, 6.45) is 2.76. The van der Waals surface area contributed by atoms with Crippen LogP contribution in [0.25, 0.3) is 0 Å². The molecule has 4 N–H and O–H groups in total. The Morgan fingerprint density at radius 2 is 2.25 bits per heavy atom. The monoisotopic (exact) mass is 361 g/mol. The molecule has 0 radical (unpaired) electrons. The van der Waals surface area contributed by atoms with Gasteiger partial charge in [0.05, 0.1) is 6.54 Å². The van der Waals surface area contributed by atoms with E-state index in [4.69, 9.17) is 5.84 Å². The first-order valence-electron chi connectivity index (χ1n) is 5.38. The summed E-state index contributed by atoms with van der Waals surface area (Å²) in [5, 5.41) is 6.27. The summed E-state index contributed by atoms with van der Waals surface area (Å²) in [4.78, 5) is 7.77. The first-order valence-corrected chi connectivity index (χ1v) is 7.61. The molecule has 0 aromatic carbocycles. The van der Waals surface area contributed by atoms with Gasteiger partial charge in [-0.1, -0.05) is 0 Å². The van der Waals surface area contributed by atoms with E-state index in [-0.39, 0.29) is 17.3 Å². The molecule has 2 rings (SSSR count). The first kappa shape index (κ1) is 14.8. The van der Waals surface area contributed by atoms with Crippen molar-refractivity contribution in [2.75, 3.05) is 12.5 Å². The topological polar surface area (TPSA) is 130 Å². The van der Waals surface area contributed by atoms with Gasteiger partial charge in [-0.25, -0.2) is 24.2 Å². The van der Waals surface area contributed by atoms with E-state index < -0.39 is 10.0 Å². The fourth-order valence-corrected chi connectivity index (χ4v) is 3.24. The minimum Gasteiger partial charge on any atom is -0.307 e. The van der Waals surface area contributed by atoms with Gasteiger partial charge in [-0.15, -0.1) is 0 Å². The van der Waals surface area contributed by atoms with Gasteiger partial charge in [0.25, 0.3) is 0 Å². The molecule has 0 atom stereocenters. The van der Waals surface area contributed by atoms with Crippen molar-refractivity contribution < 1.29 is 8.42 Å². The Bertz CT molecular complexity index is 688. The summed E-state index contributed by atoms with van der Waals surface area (Å²) in [5.74, 6) is 5.79. The number of pyridine rings is 1. The number of H-pyrrole nitrogens is 1. The Balaban J connectivity index is 2.36. The minimum absolute atomic E-state index is 0.0311. The number of aromatic amines is 1. The average molecular weight is 362 g/mol. The summed E-state index contributed by atoms with van der Waals surface area (Å²) in [6, 6.07) is 1.43. The molecule has 0 saturated carbocycles. The number of anilines is 1. The summed E-state index contributed by atoms with van der Waals surface area (Å²) in [7, 11) is -2.34. The maximum atomic E-state index is 12.5. The molecule has 2 heterocycles. The molecule has 2 aromatic rings. The molecule has 0 amide bonds. The second-order valence-electron chi connectivity index (χ2n) is 3.84. The van der Waals surface area contributed by atoms with Crippen LogP contribution in [0.3, 0.4) is 0 Å².